The zero-order valence-electron chi connectivity index (χ0n) is 11.0. The van der Waals surface area contributed by atoms with Crippen molar-refractivity contribution in [3.8, 4) is 0 Å². The van der Waals surface area contributed by atoms with Crippen LogP contribution in [-0.4, -0.2) is 23.6 Å². The molecule has 2 aromatic rings. The summed E-state index contributed by atoms with van der Waals surface area (Å²) in [5.74, 6) is 0.961. The first-order valence-corrected chi connectivity index (χ1v) is 6.52. The number of nitrogens with zero attached hydrogens (tertiary/aromatic N) is 1. The number of nitrogens with one attached hydrogen (secondary N) is 2. The van der Waals surface area contributed by atoms with Crippen molar-refractivity contribution in [1.29, 1.82) is 0 Å². The number of rotatable bonds is 4. The van der Waals surface area contributed by atoms with Crippen LogP contribution in [0.5, 0.6) is 0 Å². The second-order valence-electron chi connectivity index (χ2n) is 5.39. The second kappa shape index (κ2) is 4.07. The molecule has 18 heavy (non-hydrogen) atoms. The van der Waals surface area contributed by atoms with Crippen LogP contribution in [0.15, 0.2) is 18.2 Å². The van der Waals surface area contributed by atoms with E-state index in [0.717, 1.165) is 23.4 Å². The number of aromatic amines is 1. The first-order valence-electron chi connectivity index (χ1n) is 6.52. The van der Waals surface area contributed by atoms with Crippen LogP contribution in [0.1, 0.15) is 30.3 Å². The Morgan fingerprint density at radius 3 is 2.89 bits per heavy atom. The number of fused-ring (bicyclic) bond motifs is 1. The highest BCUT2D eigenvalue weighted by atomic mass is 14.9. The maximum atomic E-state index is 5.94. The third-order valence-corrected chi connectivity index (χ3v) is 4.16. The Morgan fingerprint density at radius 2 is 2.28 bits per heavy atom. The van der Waals surface area contributed by atoms with Crippen molar-refractivity contribution in [3.05, 3.63) is 29.6 Å². The molecule has 1 fully saturated rings. The number of nitrogens with two attached hydrogens (primary N) is 1. The Bertz CT molecular complexity index is 568. The molecule has 1 aromatic heterocycles. The molecule has 1 heterocycles. The Morgan fingerprint density at radius 1 is 1.50 bits per heavy atom. The van der Waals surface area contributed by atoms with E-state index in [1.807, 2.05) is 14.0 Å². The van der Waals surface area contributed by atoms with Gasteiger partial charge in [-0.15, -0.1) is 0 Å². The SMILES string of the molecule is CNC(c1ccc2nc(C)[nH]c2c1)C1(CN)CC1. The highest BCUT2D eigenvalue weighted by Gasteiger charge is 2.48. The lowest BCUT2D eigenvalue weighted by molar-refractivity contribution is 0.367. The molecule has 1 aliphatic rings. The molecule has 0 aliphatic heterocycles. The summed E-state index contributed by atoms with van der Waals surface area (Å²) < 4.78 is 0. The van der Waals surface area contributed by atoms with Crippen molar-refractivity contribution in [2.45, 2.75) is 25.8 Å². The number of hydrogen-bond acceptors (Lipinski definition) is 3. The minimum Gasteiger partial charge on any atom is -0.342 e. The van der Waals surface area contributed by atoms with Gasteiger partial charge in [-0.1, -0.05) is 6.07 Å². The van der Waals surface area contributed by atoms with Gasteiger partial charge in [0.1, 0.15) is 5.82 Å². The molecule has 1 aromatic carbocycles. The zero-order chi connectivity index (χ0) is 12.8. The number of benzene rings is 1. The smallest absolute Gasteiger partial charge is 0.104 e. The molecule has 0 bridgehead atoms. The van der Waals surface area contributed by atoms with Crippen molar-refractivity contribution in [2.75, 3.05) is 13.6 Å². The van der Waals surface area contributed by atoms with Gasteiger partial charge in [0.15, 0.2) is 0 Å². The summed E-state index contributed by atoms with van der Waals surface area (Å²) in [6.07, 6.45) is 2.43. The topological polar surface area (TPSA) is 66.7 Å². The third kappa shape index (κ3) is 1.72. The van der Waals surface area contributed by atoms with Crippen LogP contribution in [0.4, 0.5) is 0 Å². The molecule has 0 amide bonds. The van der Waals surface area contributed by atoms with E-state index in [4.69, 9.17) is 5.73 Å². The van der Waals surface area contributed by atoms with Crippen LogP contribution in [0.3, 0.4) is 0 Å². The molecule has 0 saturated heterocycles. The monoisotopic (exact) mass is 244 g/mol. The predicted octanol–water partition coefficient (Wildman–Crippen LogP) is 1.87. The lowest BCUT2D eigenvalue weighted by atomic mass is 9.90. The number of imidazole rings is 1. The standard InChI is InChI=1S/C14H20N4/c1-9-17-11-4-3-10(7-12(11)18-9)13(16-2)14(8-15)5-6-14/h3-4,7,13,16H,5-6,8,15H2,1-2H3,(H,17,18). The van der Waals surface area contributed by atoms with Crippen LogP contribution in [0.2, 0.25) is 0 Å². The Labute approximate surface area is 107 Å². The summed E-state index contributed by atoms with van der Waals surface area (Å²) in [6.45, 7) is 2.73. The molecule has 4 N–H and O–H groups in total. The van der Waals surface area contributed by atoms with Gasteiger partial charge in [0, 0.05) is 11.5 Å². The molecule has 96 valence electrons. The molecule has 1 saturated carbocycles. The molecule has 0 spiro atoms. The Hall–Kier alpha value is -1.39. The molecule has 0 radical (unpaired) electrons. The summed E-state index contributed by atoms with van der Waals surface area (Å²) in [7, 11) is 2.02. The van der Waals surface area contributed by atoms with Crippen LogP contribution in [0.25, 0.3) is 11.0 Å². The highest BCUT2D eigenvalue weighted by molar-refractivity contribution is 5.76. The van der Waals surface area contributed by atoms with Gasteiger partial charge in [0.05, 0.1) is 11.0 Å². The van der Waals surface area contributed by atoms with E-state index >= 15 is 0 Å². The maximum absolute atomic E-state index is 5.94. The zero-order valence-corrected chi connectivity index (χ0v) is 11.0. The van der Waals surface area contributed by atoms with E-state index in [2.05, 4.69) is 33.5 Å². The average molecular weight is 244 g/mol. The van der Waals surface area contributed by atoms with Gasteiger partial charge in [0.2, 0.25) is 0 Å². The summed E-state index contributed by atoms with van der Waals surface area (Å²) in [4.78, 5) is 7.73. The van der Waals surface area contributed by atoms with E-state index in [1.54, 1.807) is 0 Å². The maximum Gasteiger partial charge on any atom is 0.104 e. The molecule has 3 rings (SSSR count). The summed E-state index contributed by atoms with van der Waals surface area (Å²) in [5, 5.41) is 3.43. The Kier molecular flexibility index (Phi) is 2.64. The van der Waals surface area contributed by atoms with E-state index in [9.17, 15) is 0 Å². The van der Waals surface area contributed by atoms with Gasteiger partial charge >= 0.3 is 0 Å². The minimum absolute atomic E-state index is 0.261. The van der Waals surface area contributed by atoms with Gasteiger partial charge in [-0.3, -0.25) is 0 Å². The van der Waals surface area contributed by atoms with Gasteiger partial charge in [-0.25, -0.2) is 4.98 Å². The van der Waals surface area contributed by atoms with Gasteiger partial charge < -0.3 is 16.0 Å². The normalized spacial score (nSPS) is 19.1. The van der Waals surface area contributed by atoms with Crippen molar-refractivity contribution < 1.29 is 0 Å². The van der Waals surface area contributed by atoms with Gasteiger partial charge in [0.25, 0.3) is 0 Å². The Balaban J connectivity index is 2.01. The van der Waals surface area contributed by atoms with Crippen LogP contribution in [-0.2, 0) is 0 Å². The molecule has 1 aliphatic carbocycles. The van der Waals surface area contributed by atoms with E-state index < -0.39 is 0 Å². The summed E-state index contributed by atoms with van der Waals surface area (Å²) >= 11 is 0. The first-order chi connectivity index (χ1) is 8.68. The predicted molar refractivity (Wildman–Crippen MR) is 73.4 cm³/mol. The lowest BCUT2D eigenvalue weighted by Gasteiger charge is -2.25. The molecular formula is C14H20N4. The van der Waals surface area contributed by atoms with E-state index in [0.29, 0.717) is 6.04 Å². The van der Waals surface area contributed by atoms with Crippen molar-refractivity contribution >= 4 is 11.0 Å². The van der Waals surface area contributed by atoms with Crippen molar-refractivity contribution in [2.24, 2.45) is 11.1 Å². The molecule has 1 unspecified atom stereocenters. The quantitative estimate of drug-likeness (QED) is 0.769. The average Bonchev–Trinajstić information content (AvgIpc) is 3.05. The van der Waals surface area contributed by atoms with Crippen LogP contribution < -0.4 is 11.1 Å². The fraction of sp³-hybridized carbons (Fsp3) is 0.500. The number of H-pyrrole nitrogens is 1. The molecule has 1 atom stereocenters. The minimum atomic E-state index is 0.261. The number of hydrogen-bond donors (Lipinski definition) is 3. The van der Waals surface area contributed by atoms with E-state index in [1.165, 1.54) is 18.4 Å². The summed E-state index contributed by atoms with van der Waals surface area (Å²) in [6, 6.07) is 6.80. The van der Waals surface area contributed by atoms with Crippen LogP contribution in [0, 0.1) is 12.3 Å². The first kappa shape index (κ1) is 11.7. The summed E-state index contributed by atoms with van der Waals surface area (Å²) in [5.41, 5.74) is 9.64. The van der Waals surface area contributed by atoms with Crippen molar-refractivity contribution in [3.63, 3.8) is 0 Å². The largest absolute Gasteiger partial charge is 0.342 e. The highest BCUT2D eigenvalue weighted by Crippen LogP contribution is 2.54. The molecular weight excluding hydrogens is 224 g/mol. The fourth-order valence-corrected chi connectivity index (χ4v) is 2.93. The third-order valence-electron chi connectivity index (χ3n) is 4.16. The van der Waals surface area contributed by atoms with Crippen molar-refractivity contribution in [1.82, 2.24) is 15.3 Å². The van der Waals surface area contributed by atoms with E-state index in [-0.39, 0.29) is 5.41 Å². The number of aryl methyl sites for hydroxylation is 1. The van der Waals surface area contributed by atoms with Crippen LogP contribution >= 0.6 is 0 Å². The molecule has 4 nitrogen and oxygen atoms in total. The van der Waals surface area contributed by atoms with Gasteiger partial charge in [-0.2, -0.15) is 0 Å². The lowest BCUT2D eigenvalue weighted by Crippen LogP contribution is -2.32. The molecule has 4 heteroatoms. The van der Waals surface area contributed by atoms with Gasteiger partial charge in [-0.05, 0) is 51.1 Å². The second-order valence-corrected chi connectivity index (χ2v) is 5.39. The fourth-order valence-electron chi connectivity index (χ4n) is 2.93. The number of aromatic nitrogens is 2.